The first-order valence-corrected chi connectivity index (χ1v) is 9.10. The Balaban J connectivity index is 2.78. The molecule has 23 heavy (non-hydrogen) atoms. The average molecular weight is 325 g/mol. The molecule has 4 atom stereocenters. The van der Waals surface area contributed by atoms with E-state index >= 15 is 0 Å². The van der Waals surface area contributed by atoms with Crippen LogP contribution in [-0.4, -0.2) is 48.4 Å². The Labute approximate surface area is 141 Å². The molecule has 5 nitrogen and oxygen atoms in total. The van der Waals surface area contributed by atoms with Gasteiger partial charge in [-0.1, -0.05) is 40.5 Å². The summed E-state index contributed by atoms with van der Waals surface area (Å²) >= 11 is 0. The second kappa shape index (κ2) is 9.26. The second-order valence-electron chi connectivity index (χ2n) is 7.31. The summed E-state index contributed by atoms with van der Waals surface area (Å²) in [4.78, 5) is 27.2. The summed E-state index contributed by atoms with van der Waals surface area (Å²) in [6.45, 7) is 11.2. The Morgan fingerprint density at radius 2 is 1.87 bits per heavy atom. The van der Waals surface area contributed by atoms with Crippen molar-refractivity contribution in [3.63, 3.8) is 0 Å². The normalized spacial score (nSPS) is 22.3. The van der Waals surface area contributed by atoms with Crippen LogP contribution < -0.4 is 10.6 Å². The molecule has 0 spiro atoms. The zero-order chi connectivity index (χ0) is 17.6. The Morgan fingerprint density at radius 3 is 2.35 bits per heavy atom. The van der Waals surface area contributed by atoms with Crippen LogP contribution in [0.5, 0.6) is 0 Å². The molecule has 1 fully saturated rings. The van der Waals surface area contributed by atoms with E-state index in [1.165, 1.54) is 0 Å². The molecular weight excluding hydrogens is 290 g/mol. The minimum atomic E-state index is -0.442. The molecule has 1 rings (SSSR count). The number of amides is 2. The SMILES string of the molecule is CC[C@H](C)[C@H](NC(=O)[C@H]1CCCCN1)C(=O)N(C)[C@H](C)C(C)C. The third-order valence-electron chi connectivity index (χ3n) is 5.33. The van der Waals surface area contributed by atoms with E-state index in [0.29, 0.717) is 5.92 Å². The molecule has 1 aliphatic heterocycles. The predicted octanol–water partition coefficient (Wildman–Crippen LogP) is 2.16. The van der Waals surface area contributed by atoms with Crippen molar-refractivity contribution in [1.82, 2.24) is 15.5 Å². The highest BCUT2D eigenvalue weighted by molar-refractivity contribution is 5.90. The van der Waals surface area contributed by atoms with E-state index in [1.54, 1.807) is 4.90 Å². The monoisotopic (exact) mass is 325 g/mol. The minimum absolute atomic E-state index is 0.0182. The quantitative estimate of drug-likeness (QED) is 0.754. The molecule has 134 valence electrons. The van der Waals surface area contributed by atoms with Crippen molar-refractivity contribution in [2.45, 2.75) is 78.4 Å². The number of rotatable bonds is 7. The molecule has 2 amide bonds. The Hall–Kier alpha value is -1.10. The largest absolute Gasteiger partial charge is 0.343 e. The van der Waals surface area contributed by atoms with E-state index < -0.39 is 6.04 Å². The van der Waals surface area contributed by atoms with Crippen LogP contribution >= 0.6 is 0 Å². The Bertz CT molecular complexity index is 392. The van der Waals surface area contributed by atoms with Gasteiger partial charge in [-0.3, -0.25) is 9.59 Å². The summed E-state index contributed by atoms with van der Waals surface area (Å²) in [5.41, 5.74) is 0. The molecule has 2 N–H and O–H groups in total. The number of nitrogens with one attached hydrogen (secondary N) is 2. The smallest absolute Gasteiger partial charge is 0.245 e. The maximum Gasteiger partial charge on any atom is 0.245 e. The van der Waals surface area contributed by atoms with Crippen LogP contribution in [0.2, 0.25) is 0 Å². The van der Waals surface area contributed by atoms with Crippen molar-refractivity contribution in [2.75, 3.05) is 13.6 Å². The lowest BCUT2D eigenvalue weighted by molar-refractivity contribution is -0.139. The fourth-order valence-electron chi connectivity index (χ4n) is 2.88. The van der Waals surface area contributed by atoms with Gasteiger partial charge >= 0.3 is 0 Å². The van der Waals surface area contributed by atoms with Gasteiger partial charge < -0.3 is 15.5 Å². The lowest BCUT2D eigenvalue weighted by Gasteiger charge is -2.34. The van der Waals surface area contributed by atoms with Gasteiger partial charge in [0.2, 0.25) is 11.8 Å². The van der Waals surface area contributed by atoms with Gasteiger partial charge in [0, 0.05) is 13.1 Å². The predicted molar refractivity (Wildman–Crippen MR) is 94.1 cm³/mol. The highest BCUT2D eigenvalue weighted by Gasteiger charge is 2.33. The first-order valence-electron chi connectivity index (χ1n) is 9.10. The van der Waals surface area contributed by atoms with E-state index in [9.17, 15) is 9.59 Å². The van der Waals surface area contributed by atoms with Crippen molar-refractivity contribution in [3.05, 3.63) is 0 Å². The molecule has 1 aliphatic rings. The summed E-state index contributed by atoms with van der Waals surface area (Å²) < 4.78 is 0. The fraction of sp³-hybridized carbons (Fsp3) is 0.889. The number of likely N-dealkylation sites (N-methyl/N-ethyl adjacent to an activating group) is 1. The Kier molecular flexibility index (Phi) is 8.03. The molecule has 0 aromatic carbocycles. The summed E-state index contributed by atoms with van der Waals surface area (Å²) in [6.07, 6.45) is 3.90. The van der Waals surface area contributed by atoms with Crippen LogP contribution in [0, 0.1) is 11.8 Å². The van der Waals surface area contributed by atoms with Gasteiger partial charge in [0.15, 0.2) is 0 Å². The van der Waals surface area contributed by atoms with E-state index in [2.05, 4.69) is 38.3 Å². The van der Waals surface area contributed by atoms with Crippen LogP contribution in [-0.2, 0) is 9.59 Å². The standard InChI is InChI=1S/C18H35N3O2/c1-7-13(4)16(18(23)21(6)14(5)12(2)3)20-17(22)15-10-8-9-11-19-15/h12-16,19H,7-11H2,1-6H3,(H,20,22)/t13-,14+,15+,16-/m0/s1. The zero-order valence-corrected chi connectivity index (χ0v) is 15.7. The van der Waals surface area contributed by atoms with Crippen LogP contribution in [0.3, 0.4) is 0 Å². The number of hydrogen-bond donors (Lipinski definition) is 2. The van der Waals surface area contributed by atoms with E-state index in [0.717, 1.165) is 32.2 Å². The van der Waals surface area contributed by atoms with Crippen LogP contribution in [0.25, 0.3) is 0 Å². The Morgan fingerprint density at radius 1 is 1.22 bits per heavy atom. The molecule has 0 bridgehead atoms. The first-order chi connectivity index (χ1) is 10.8. The fourth-order valence-corrected chi connectivity index (χ4v) is 2.88. The van der Waals surface area contributed by atoms with Gasteiger partial charge in [-0.15, -0.1) is 0 Å². The van der Waals surface area contributed by atoms with Crippen LogP contribution in [0.1, 0.15) is 60.3 Å². The van der Waals surface area contributed by atoms with Gasteiger partial charge in [-0.05, 0) is 38.1 Å². The van der Waals surface area contributed by atoms with Gasteiger partial charge in [-0.25, -0.2) is 0 Å². The van der Waals surface area contributed by atoms with Crippen molar-refractivity contribution >= 4 is 11.8 Å². The van der Waals surface area contributed by atoms with Crippen molar-refractivity contribution < 1.29 is 9.59 Å². The van der Waals surface area contributed by atoms with Gasteiger partial charge in [0.1, 0.15) is 6.04 Å². The maximum absolute atomic E-state index is 12.9. The number of carbonyl (C=O) groups is 2. The molecular formula is C18H35N3O2. The molecule has 0 aromatic heterocycles. The molecule has 1 saturated heterocycles. The number of carbonyl (C=O) groups excluding carboxylic acids is 2. The number of piperidine rings is 1. The highest BCUT2D eigenvalue weighted by atomic mass is 16.2. The molecule has 0 radical (unpaired) electrons. The van der Waals surface area contributed by atoms with E-state index in [1.807, 2.05) is 14.0 Å². The molecule has 1 heterocycles. The van der Waals surface area contributed by atoms with E-state index in [-0.39, 0.29) is 29.8 Å². The number of nitrogens with zero attached hydrogens (tertiary/aromatic N) is 1. The lowest BCUT2D eigenvalue weighted by atomic mass is 9.95. The highest BCUT2D eigenvalue weighted by Crippen LogP contribution is 2.16. The van der Waals surface area contributed by atoms with E-state index in [4.69, 9.17) is 0 Å². The second-order valence-corrected chi connectivity index (χ2v) is 7.31. The van der Waals surface area contributed by atoms with Gasteiger partial charge in [0.25, 0.3) is 0 Å². The third-order valence-corrected chi connectivity index (χ3v) is 5.33. The summed E-state index contributed by atoms with van der Waals surface area (Å²) in [6, 6.07) is -0.447. The van der Waals surface area contributed by atoms with Crippen LogP contribution in [0.4, 0.5) is 0 Å². The summed E-state index contributed by atoms with van der Waals surface area (Å²) in [7, 11) is 1.84. The minimum Gasteiger partial charge on any atom is -0.343 e. The lowest BCUT2D eigenvalue weighted by Crippen LogP contribution is -2.57. The van der Waals surface area contributed by atoms with Crippen molar-refractivity contribution in [2.24, 2.45) is 11.8 Å². The average Bonchev–Trinajstić information content (AvgIpc) is 2.57. The molecule has 0 unspecified atom stereocenters. The zero-order valence-electron chi connectivity index (χ0n) is 15.7. The molecule has 0 aliphatic carbocycles. The van der Waals surface area contributed by atoms with Gasteiger partial charge in [0.05, 0.1) is 6.04 Å². The maximum atomic E-state index is 12.9. The summed E-state index contributed by atoms with van der Waals surface area (Å²) in [5.74, 6) is 0.493. The number of hydrogen-bond acceptors (Lipinski definition) is 3. The third kappa shape index (κ3) is 5.48. The van der Waals surface area contributed by atoms with Crippen LogP contribution in [0.15, 0.2) is 0 Å². The molecule has 0 saturated carbocycles. The summed E-state index contributed by atoms with van der Waals surface area (Å²) in [5, 5.41) is 6.27. The first kappa shape index (κ1) is 19.9. The van der Waals surface area contributed by atoms with Crippen molar-refractivity contribution in [1.29, 1.82) is 0 Å². The molecule has 5 heteroatoms. The topological polar surface area (TPSA) is 61.4 Å². The van der Waals surface area contributed by atoms with Crippen molar-refractivity contribution in [3.8, 4) is 0 Å². The van der Waals surface area contributed by atoms with Gasteiger partial charge in [-0.2, -0.15) is 0 Å². The molecule has 0 aromatic rings.